The molecule has 2 aliphatic carbocycles. The van der Waals surface area contributed by atoms with Crippen LogP contribution >= 0.6 is 0 Å². The topological polar surface area (TPSA) is 26.3 Å². The quantitative estimate of drug-likeness (QED) is 0.442. The number of rotatable bonds is 9. The van der Waals surface area contributed by atoms with Crippen LogP contribution in [0.5, 0.6) is 0 Å². The molecule has 2 rings (SSSR count). The fourth-order valence-electron chi connectivity index (χ4n) is 5.48. The summed E-state index contributed by atoms with van der Waals surface area (Å²) in [6.45, 7) is 11.2. The number of carbonyl (C=O) groups is 1. The molecule has 0 aromatic rings. The molecule has 0 unspecified atom stereocenters. The smallest absolute Gasteiger partial charge is 0.141 e. The second kappa shape index (κ2) is 10.2. The van der Waals surface area contributed by atoms with E-state index < -0.39 is 0 Å². The first kappa shape index (κ1) is 21.9. The van der Waals surface area contributed by atoms with E-state index in [1.54, 1.807) is 0 Å². The van der Waals surface area contributed by atoms with E-state index in [9.17, 15) is 4.79 Å². The first-order valence-corrected chi connectivity index (χ1v) is 11.7. The van der Waals surface area contributed by atoms with E-state index in [0.717, 1.165) is 50.4 Å². The van der Waals surface area contributed by atoms with Crippen LogP contribution in [-0.4, -0.2) is 18.0 Å². The lowest BCUT2D eigenvalue weighted by molar-refractivity contribution is -0.135. The van der Waals surface area contributed by atoms with E-state index in [0.29, 0.717) is 18.0 Å². The molecule has 0 aromatic carbocycles. The van der Waals surface area contributed by atoms with Crippen molar-refractivity contribution in [3.8, 4) is 0 Å². The predicted molar refractivity (Wildman–Crippen MR) is 110 cm³/mol. The maximum Gasteiger partial charge on any atom is 0.141 e. The zero-order valence-corrected chi connectivity index (χ0v) is 18.2. The molecular formula is C24H44O2. The van der Waals surface area contributed by atoms with Crippen LogP contribution < -0.4 is 0 Å². The van der Waals surface area contributed by atoms with Gasteiger partial charge in [-0.2, -0.15) is 0 Å². The molecule has 0 amide bonds. The Morgan fingerprint density at radius 2 is 1.31 bits per heavy atom. The number of hydrogen-bond acceptors (Lipinski definition) is 2. The van der Waals surface area contributed by atoms with Gasteiger partial charge in [0.05, 0.1) is 12.2 Å². The lowest BCUT2D eigenvalue weighted by Gasteiger charge is -2.37. The average Bonchev–Trinajstić information content (AvgIpc) is 2.69. The third-order valence-electron chi connectivity index (χ3n) is 8.02. The van der Waals surface area contributed by atoms with Crippen LogP contribution in [0, 0.1) is 23.2 Å². The van der Waals surface area contributed by atoms with Crippen molar-refractivity contribution in [3.05, 3.63) is 0 Å². The Morgan fingerprint density at radius 3 is 1.73 bits per heavy atom. The first-order valence-electron chi connectivity index (χ1n) is 11.7. The minimum atomic E-state index is -0.105. The summed E-state index contributed by atoms with van der Waals surface area (Å²) in [6, 6.07) is 0. The van der Waals surface area contributed by atoms with Crippen molar-refractivity contribution in [3.63, 3.8) is 0 Å². The monoisotopic (exact) mass is 364 g/mol. The minimum absolute atomic E-state index is 0.105. The van der Waals surface area contributed by atoms with Gasteiger partial charge in [-0.25, -0.2) is 0 Å². The average molecular weight is 365 g/mol. The lowest BCUT2D eigenvalue weighted by Crippen LogP contribution is -2.37. The standard InChI is InChI=1S/C24H44O2/c1-6-18(7-2)19-10-14-21(15-11-19)26-22-16-12-20(13-17-22)23(25)24(5,8-3)9-4/h18-22H,6-17H2,1-5H3. The van der Waals surface area contributed by atoms with Crippen LogP contribution in [0.3, 0.4) is 0 Å². The molecule has 0 N–H and O–H groups in total. The summed E-state index contributed by atoms with van der Waals surface area (Å²) in [4.78, 5) is 12.9. The molecule has 0 aromatic heterocycles. The van der Waals surface area contributed by atoms with Gasteiger partial charge in [0.2, 0.25) is 0 Å². The molecule has 152 valence electrons. The summed E-state index contributed by atoms with van der Waals surface area (Å²) >= 11 is 0. The highest BCUT2D eigenvalue weighted by molar-refractivity contribution is 5.86. The van der Waals surface area contributed by atoms with Crippen molar-refractivity contribution in [2.45, 2.75) is 124 Å². The van der Waals surface area contributed by atoms with Crippen LogP contribution in [-0.2, 0) is 9.53 Å². The summed E-state index contributed by atoms with van der Waals surface area (Å²) in [5.74, 6) is 2.65. The number of ketones is 1. The molecule has 0 bridgehead atoms. The molecule has 0 saturated heterocycles. The van der Waals surface area contributed by atoms with Gasteiger partial charge >= 0.3 is 0 Å². The molecule has 26 heavy (non-hydrogen) atoms. The van der Waals surface area contributed by atoms with E-state index in [4.69, 9.17) is 4.74 Å². The molecule has 2 saturated carbocycles. The van der Waals surface area contributed by atoms with Gasteiger partial charge in [0.15, 0.2) is 0 Å². The molecule has 2 nitrogen and oxygen atoms in total. The summed E-state index contributed by atoms with van der Waals surface area (Å²) in [7, 11) is 0. The Morgan fingerprint density at radius 1 is 0.846 bits per heavy atom. The number of hydrogen-bond donors (Lipinski definition) is 0. The number of Topliss-reactive ketones (excluding diaryl/α,β-unsaturated/α-hetero) is 1. The van der Waals surface area contributed by atoms with E-state index in [1.165, 1.54) is 38.5 Å². The molecule has 2 fully saturated rings. The van der Waals surface area contributed by atoms with Gasteiger partial charge < -0.3 is 4.74 Å². The number of carbonyl (C=O) groups excluding carboxylic acids is 1. The third kappa shape index (κ3) is 5.33. The Labute approximate surface area is 162 Å². The van der Waals surface area contributed by atoms with Crippen LogP contribution in [0.15, 0.2) is 0 Å². The molecule has 2 aliphatic rings. The molecule has 2 heteroatoms. The van der Waals surface area contributed by atoms with Crippen molar-refractivity contribution in [2.24, 2.45) is 23.2 Å². The second-order valence-corrected chi connectivity index (χ2v) is 9.36. The molecule has 0 heterocycles. The van der Waals surface area contributed by atoms with Gasteiger partial charge in [0.1, 0.15) is 5.78 Å². The predicted octanol–water partition coefficient (Wildman–Crippen LogP) is 6.95. The minimum Gasteiger partial charge on any atom is -0.375 e. The summed E-state index contributed by atoms with van der Waals surface area (Å²) in [5, 5.41) is 0. The fraction of sp³-hybridized carbons (Fsp3) is 0.958. The third-order valence-corrected chi connectivity index (χ3v) is 8.02. The molecular weight excluding hydrogens is 320 g/mol. The van der Waals surface area contributed by atoms with Crippen molar-refractivity contribution in [2.75, 3.05) is 0 Å². The van der Waals surface area contributed by atoms with Crippen molar-refractivity contribution < 1.29 is 9.53 Å². The van der Waals surface area contributed by atoms with Gasteiger partial charge in [0, 0.05) is 11.3 Å². The number of ether oxygens (including phenoxy) is 1. The summed E-state index contributed by atoms with van der Waals surface area (Å²) < 4.78 is 6.48. The highest BCUT2D eigenvalue weighted by Crippen LogP contribution is 2.39. The van der Waals surface area contributed by atoms with Gasteiger partial charge in [-0.1, -0.05) is 47.5 Å². The van der Waals surface area contributed by atoms with Crippen LogP contribution in [0.25, 0.3) is 0 Å². The van der Waals surface area contributed by atoms with Crippen molar-refractivity contribution >= 4 is 5.78 Å². The fourth-order valence-corrected chi connectivity index (χ4v) is 5.48. The lowest BCUT2D eigenvalue weighted by atomic mass is 9.71. The summed E-state index contributed by atoms with van der Waals surface area (Å²) in [6.07, 6.45) is 15.0. The molecule has 0 spiro atoms. The normalized spacial score (nSPS) is 30.5. The Balaban J connectivity index is 1.74. The van der Waals surface area contributed by atoms with E-state index >= 15 is 0 Å². The second-order valence-electron chi connectivity index (χ2n) is 9.36. The Kier molecular flexibility index (Phi) is 8.64. The Hall–Kier alpha value is -0.370. The zero-order chi connectivity index (χ0) is 19.2. The maximum atomic E-state index is 12.9. The van der Waals surface area contributed by atoms with E-state index in [2.05, 4.69) is 34.6 Å². The first-order chi connectivity index (χ1) is 12.5. The van der Waals surface area contributed by atoms with Gasteiger partial charge in [0.25, 0.3) is 0 Å². The zero-order valence-electron chi connectivity index (χ0n) is 18.2. The highest BCUT2D eigenvalue weighted by atomic mass is 16.5. The van der Waals surface area contributed by atoms with E-state index in [1.807, 2.05) is 0 Å². The van der Waals surface area contributed by atoms with Crippen molar-refractivity contribution in [1.29, 1.82) is 0 Å². The molecule has 0 aliphatic heterocycles. The molecule has 0 radical (unpaired) electrons. The van der Waals surface area contributed by atoms with Crippen LogP contribution in [0.1, 0.15) is 112 Å². The molecule has 0 atom stereocenters. The van der Waals surface area contributed by atoms with Crippen LogP contribution in [0.2, 0.25) is 0 Å². The van der Waals surface area contributed by atoms with Gasteiger partial charge in [-0.3, -0.25) is 4.79 Å². The summed E-state index contributed by atoms with van der Waals surface area (Å²) in [5.41, 5.74) is -0.105. The Bertz CT molecular complexity index is 406. The van der Waals surface area contributed by atoms with E-state index in [-0.39, 0.29) is 11.3 Å². The highest BCUT2D eigenvalue weighted by Gasteiger charge is 2.37. The van der Waals surface area contributed by atoms with Gasteiger partial charge in [-0.05, 0) is 76.0 Å². The van der Waals surface area contributed by atoms with Gasteiger partial charge in [-0.15, -0.1) is 0 Å². The maximum absolute atomic E-state index is 12.9. The van der Waals surface area contributed by atoms with Crippen molar-refractivity contribution in [1.82, 2.24) is 0 Å². The van der Waals surface area contributed by atoms with Crippen LogP contribution in [0.4, 0.5) is 0 Å². The SMILES string of the molecule is CCC(CC)C1CCC(OC2CCC(C(=O)C(C)(CC)CC)CC2)CC1. The largest absolute Gasteiger partial charge is 0.375 e.